The fourth-order valence-corrected chi connectivity index (χ4v) is 4.22. The topological polar surface area (TPSA) is 147 Å². The Kier molecular flexibility index (Phi) is 18.1. The molecule has 0 saturated carbocycles. The summed E-state index contributed by atoms with van der Waals surface area (Å²) in [6, 6.07) is 1.77. The van der Waals surface area contributed by atoms with E-state index in [0.717, 1.165) is 16.7 Å². The molecule has 0 radical (unpaired) electrons. The number of hydrogen-bond acceptors (Lipinski definition) is 12. The van der Waals surface area contributed by atoms with E-state index in [1.807, 2.05) is 13.8 Å². The summed E-state index contributed by atoms with van der Waals surface area (Å²) >= 11 is 0. The van der Waals surface area contributed by atoms with Crippen LogP contribution in [0.2, 0.25) is 0 Å². The zero-order chi connectivity index (χ0) is 31.3. The van der Waals surface area contributed by atoms with Crippen molar-refractivity contribution in [1.29, 1.82) is 0 Å². The van der Waals surface area contributed by atoms with Crippen LogP contribution in [0.3, 0.4) is 0 Å². The molecular formula is C30H48O13. The Balaban J connectivity index is 1.46. The molecule has 1 aliphatic heterocycles. The lowest BCUT2D eigenvalue weighted by Crippen LogP contribution is -2.46. The minimum absolute atomic E-state index is 0.0982. The predicted octanol–water partition coefficient (Wildman–Crippen LogP) is 2.14. The molecule has 1 heterocycles. The van der Waals surface area contributed by atoms with E-state index in [1.165, 1.54) is 0 Å². The molecule has 0 fully saturated rings. The molecule has 1 unspecified atom stereocenters. The summed E-state index contributed by atoms with van der Waals surface area (Å²) in [4.78, 5) is 23.7. The Hall–Kier alpha value is -2.52. The van der Waals surface area contributed by atoms with Crippen molar-refractivity contribution < 1.29 is 62.1 Å². The van der Waals surface area contributed by atoms with Crippen molar-refractivity contribution in [3.8, 4) is 11.5 Å². The minimum Gasteiger partial charge on any atom is -0.481 e. The monoisotopic (exact) mass is 616 g/mol. The van der Waals surface area contributed by atoms with Crippen LogP contribution in [0.25, 0.3) is 0 Å². The van der Waals surface area contributed by atoms with Crippen LogP contribution in [0, 0.1) is 13.8 Å². The third-order valence-corrected chi connectivity index (χ3v) is 6.51. The Morgan fingerprint density at radius 1 is 0.791 bits per heavy atom. The van der Waals surface area contributed by atoms with Gasteiger partial charge in [-0.1, -0.05) is 0 Å². The maximum absolute atomic E-state index is 12.8. The van der Waals surface area contributed by atoms with Crippen LogP contribution >= 0.6 is 0 Å². The van der Waals surface area contributed by atoms with Gasteiger partial charge in [-0.25, -0.2) is 9.59 Å². The summed E-state index contributed by atoms with van der Waals surface area (Å²) in [5.41, 5.74) is 1.32. The van der Waals surface area contributed by atoms with Crippen molar-refractivity contribution >= 4 is 11.9 Å². The summed E-state index contributed by atoms with van der Waals surface area (Å²) in [7, 11) is 1.63. The second-order valence-electron chi connectivity index (χ2n) is 9.94. The van der Waals surface area contributed by atoms with Gasteiger partial charge in [0.2, 0.25) is 5.60 Å². The average molecular weight is 617 g/mol. The summed E-state index contributed by atoms with van der Waals surface area (Å²) in [6.45, 7) is 11.1. The molecule has 0 bridgehead atoms. The first kappa shape index (κ1) is 36.7. The molecule has 13 heteroatoms. The quantitative estimate of drug-likeness (QED) is 0.127. The molecular weight excluding hydrogens is 568 g/mol. The number of aliphatic carboxylic acids is 1. The number of hydrogen-bond donors (Lipinski definition) is 1. The third kappa shape index (κ3) is 14.2. The number of esters is 1. The van der Waals surface area contributed by atoms with E-state index in [-0.39, 0.29) is 13.2 Å². The van der Waals surface area contributed by atoms with E-state index >= 15 is 0 Å². The van der Waals surface area contributed by atoms with Gasteiger partial charge in [-0.3, -0.25) is 0 Å². The average Bonchev–Trinajstić information content (AvgIpc) is 2.97. The maximum Gasteiger partial charge on any atom is 0.350 e. The SMILES string of the molecule is COCCOCCOCCOCCOCCOCCOCCOC(=O)C1(C)CCc2c(cc(C)c(OCC(=O)O)c2C)O1. The van der Waals surface area contributed by atoms with E-state index in [9.17, 15) is 9.59 Å². The predicted molar refractivity (Wildman–Crippen MR) is 154 cm³/mol. The molecule has 1 atom stereocenters. The van der Waals surface area contributed by atoms with Crippen molar-refractivity contribution in [3.63, 3.8) is 0 Å². The highest BCUT2D eigenvalue weighted by Crippen LogP contribution is 2.41. The molecule has 0 saturated heterocycles. The maximum atomic E-state index is 12.8. The molecule has 0 aliphatic carbocycles. The summed E-state index contributed by atoms with van der Waals surface area (Å²) in [6.07, 6.45) is 0.993. The van der Waals surface area contributed by atoms with Gasteiger partial charge in [-0.05, 0) is 44.4 Å². The lowest BCUT2D eigenvalue weighted by atomic mass is 9.89. The molecule has 0 amide bonds. The lowest BCUT2D eigenvalue weighted by Gasteiger charge is -2.35. The Morgan fingerprint density at radius 3 is 1.72 bits per heavy atom. The van der Waals surface area contributed by atoms with Crippen LogP contribution in [0.4, 0.5) is 0 Å². The fourth-order valence-electron chi connectivity index (χ4n) is 4.22. The van der Waals surface area contributed by atoms with Crippen molar-refractivity contribution in [2.24, 2.45) is 0 Å². The van der Waals surface area contributed by atoms with Crippen molar-refractivity contribution in [1.82, 2.24) is 0 Å². The van der Waals surface area contributed by atoms with Gasteiger partial charge in [0, 0.05) is 19.1 Å². The van der Waals surface area contributed by atoms with E-state index in [1.54, 1.807) is 20.1 Å². The van der Waals surface area contributed by atoms with E-state index in [4.69, 9.17) is 52.5 Å². The molecule has 1 aromatic rings. The van der Waals surface area contributed by atoms with Crippen LogP contribution < -0.4 is 9.47 Å². The van der Waals surface area contributed by atoms with Gasteiger partial charge in [0.15, 0.2) is 6.61 Å². The highest BCUT2D eigenvalue weighted by Gasteiger charge is 2.41. The largest absolute Gasteiger partial charge is 0.481 e. The van der Waals surface area contributed by atoms with Crippen LogP contribution in [0.5, 0.6) is 11.5 Å². The first-order valence-corrected chi connectivity index (χ1v) is 14.6. The van der Waals surface area contributed by atoms with E-state index < -0.39 is 24.1 Å². The number of methoxy groups -OCH3 is 1. The highest BCUT2D eigenvalue weighted by atomic mass is 16.6. The van der Waals surface area contributed by atoms with Gasteiger partial charge in [-0.2, -0.15) is 0 Å². The third-order valence-electron chi connectivity index (χ3n) is 6.51. The number of aryl methyl sites for hydroxylation is 1. The number of carboxylic acids is 1. The highest BCUT2D eigenvalue weighted by molar-refractivity contribution is 5.80. The summed E-state index contributed by atoms with van der Waals surface area (Å²) in [5, 5.41) is 8.93. The Morgan fingerprint density at radius 2 is 1.26 bits per heavy atom. The molecule has 246 valence electrons. The first-order chi connectivity index (χ1) is 20.8. The molecule has 2 rings (SSSR count). The zero-order valence-electron chi connectivity index (χ0n) is 25.9. The second kappa shape index (κ2) is 21.2. The fraction of sp³-hybridized carbons (Fsp3) is 0.733. The Bertz CT molecular complexity index is 954. The van der Waals surface area contributed by atoms with Crippen molar-refractivity contribution in [2.75, 3.05) is 106 Å². The molecule has 1 N–H and O–H groups in total. The molecule has 0 spiro atoms. The first-order valence-electron chi connectivity index (χ1n) is 14.6. The number of carbonyl (C=O) groups is 2. The summed E-state index contributed by atoms with van der Waals surface area (Å²) < 4.78 is 54.4. The van der Waals surface area contributed by atoms with E-state index in [2.05, 4.69) is 0 Å². The number of carbonyl (C=O) groups excluding carboxylic acids is 1. The second-order valence-corrected chi connectivity index (χ2v) is 9.94. The standard InChI is InChI=1S/C30H48O13/c1-23-21-26-25(24(2)28(23)42-22-27(31)32)5-6-30(3,43-26)29(33)41-20-19-40-18-17-39-16-15-38-14-13-37-12-11-36-10-9-35-8-7-34-4/h21H,5-20,22H2,1-4H3,(H,31,32). The van der Waals surface area contributed by atoms with Crippen LogP contribution in [0.1, 0.15) is 30.0 Å². The molecule has 13 nitrogen and oxygen atoms in total. The number of ether oxygens (including phenoxy) is 10. The van der Waals surface area contributed by atoms with Gasteiger partial charge >= 0.3 is 11.9 Å². The minimum atomic E-state index is -1.13. The molecule has 43 heavy (non-hydrogen) atoms. The van der Waals surface area contributed by atoms with Gasteiger partial charge in [0.25, 0.3) is 0 Å². The smallest absolute Gasteiger partial charge is 0.350 e. The van der Waals surface area contributed by atoms with Gasteiger partial charge in [-0.15, -0.1) is 0 Å². The lowest BCUT2D eigenvalue weighted by molar-refractivity contribution is -0.164. The Labute approximate surface area is 253 Å². The van der Waals surface area contributed by atoms with Gasteiger partial charge in [0.1, 0.15) is 18.1 Å². The van der Waals surface area contributed by atoms with Crippen LogP contribution in [-0.4, -0.2) is 129 Å². The zero-order valence-corrected chi connectivity index (χ0v) is 25.9. The molecule has 1 aromatic carbocycles. The van der Waals surface area contributed by atoms with Crippen molar-refractivity contribution in [2.45, 2.75) is 39.2 Å². The number of fused-ring (bicyclic) bond motifs is 1. The van der Waals surface area contributed by atoms with Gasteiger partial charge < -0.3 is 52.5 Å². The number of benzene rings is 1. The van der Waals surface area contributed by atoms with Gasteiger partial charge in [0.05, 0.1) is 85.9 Å². The number of carboxylic acid groups (broad SMARTS) is 1. The normalized spacial score (nSPS) is 16.0. The summed E-state index contributed by atoms with van der Waals surface area (Å²) in [5.74, 6) is -0.396. The molecule has 0 aromatic heterocycles. The molecule has 1 aliphatic rings. The van der Waals surface area contributed by atoms with Crippen molar-refractivity contribution in [3.05, 3.63) is 22.8 Å². The van der Waals surface area contributed by atoms with Crippen LogP contribution in [-0.2, 0) is 53.9 Å². The van der Waals surface area contributed by atoms with E-state index in [0.29, 0.717) is 104 Å². The van der Waals surface area contributed by atoms with Crippen LogP contribution in [0.15, 0.2) is 6.07 Å². The number of rotatable bonds is 25.